The highest BCUT2D eigenvalue weighted by Crippen LogP contribution is 2.40. The molecule has 4 N–H and O–H groups in total. The minimum atomic E-state index is 0.132. The Morgan fingerprint density at radius 1 is 1.00 bits per heavy atom. The summed E-state index contributed by atoms with van der Waals surface area (Å²) in [6.45, 7) is 0.753. The lowest BCUT2D eigenvalue weighted by Gasteiger charge is -2.10. The van der Waals surface area contributed by atoms with Crippen LogP contribution in [-0.4, -0.2) is 29.7 Å². The first-order valence-corrected chi connectivity index (χ1v) is 9.03. The molecular weight excluding hydrogens is 336 g/mol. The number of rotatable bonds is 6. The van der Waals surface area contributed by atoms with Crippen LogP contribution in [0.1, 0.15) is 36.0 Å². The Labute approximate surface area is 149 Å². The minimum Gasteiger partial charge on any atom is -0.368 e. The number of hydrogen-bond acceptors (Lipinski definition) is 8. The Balaban J connectivity index is 1.56. The molecule has 1 aliphatic carbocycles. The Morgan fingerprint density at radius 3 is 2.40 bits per heavy atom. The summed E-state index contributed by atoms with van der Waals surface area (Å²) in [5, 5.41) is 9.64. The molecule has 0 aliphatic heterocycles. The van der Waals surface area contributed by atoms with Gasteiger partial charge in [-0.2, -0.15) is 15.0 Å². The Morgan fingerprint density at radius 2 is 1.72 bits per heavy atom. The molecule has 1 aliphatic rings. The summed E-state index contributed by atoms with van der Waals surface area (Å²) in [5.74, 6) is 2.89. The predicted octanol–water partition coefficient (Wildman–Crippen LogP) is 1.85. The monoisotopic (exact) mass is 354 g/mol. The van der Waals surface area contributed by atoms with Gasteiger partial charge in [0.25, 0.3) is 0 Å². The molecule has 3 aromatic rings. The van der Waals surface area contributed by atoms with Crippen LogP contribution in [0.5, 0.6) is 0 Å². The molecule has 0 bridgehead atoms. The molecule has 0 atom stereocenters. The van der Waals surface area contributed by atoms with E-state index in [0.29, 0.717) is 17.5 Å². The predicted molar refractivity (Wildman–Crippen MR) is 95.8 cm³/mol. The van der Waals surface area contributed by atoms with Gasteiger partial charge >= 0.3 is 0 Å². The number of aromatic nitrogens is 6. The third-order valence-electron chi connectivity index (χ3n) is 3.92. The Hall–Kier alpha value is -2.68. The fraction of sp³-hybridized carbons (Fsp3) is 0.312. The molecule has 2 heterocycles. The summed E-state index contributed by atoms with van der Waals surface area (Å²) in [6.07, 6.45) is 2.36. The highest BCUT2D eigenvalue weighted by molar-refractivity contribution is 7.98. The first kappa shape index (κ1) is 15.8. The number of nitrogen functional groups attached to an aromatic ring is 2. The lowest BCUT2D eigenvalue weighted by atomic mass is 10.2. The van der Waals surface area contributed by atoms with E-state index < -0.39 is 0 Å². The van der Waals surface area contributed by atoms with Gasteiger partial charge in [0.2, 0.25) is 11.9 Å². The third-order valence-corrected chi connectivity index (χ3v) is 4.88. The van der Waals surface area contributed by atoms with Crippen molar-refractivity contribution in [1.29, 1.82) is 0 Å². The summed E-state index contributed by atoms with van der Waals surface area (Å²) >= 11 is 1.53. The van der Waals surface area contributed by atoms with E-state index in [-0.39, 0.29) is 11.9 Å². The van der Waals surface area contributed by atoms with Crippen molar-refractivity contribution in [3.63, 3.8) is 0 Å². The van der Waals surface area contributed by atoms with Crippen molar-refractivity contribution < 1.29 is 0 Å². The van der Waals surface area contributed by atoms with Gasteiger partial charge in [-0.15, -0.1) is 10.2 Å². The van der Waals surface area contributed by atoms with Gasteiger partial charge in [0, 0.05) is 5.92 Å². The van der Waals surface area contributed by atoms with Gasteiger partial charge < -0.3 is 16.0 Å². The van der Waals surface area contributed by atoms with E-state index in [1.807, 2.05) is 18.2 Å². The van der Waals surface area contributed by atoms with E-state index in [4.69, 9.17) is 11.5 Å². The smallest absolute Gasteiger partial charge is 0.225 e. The second kappa shape index (κ2) is 6.67. The van der Waals surface area contributed by atoms with Gasteiger partial charge in [0.15, 0.2) is 5.16 Å². The molecule has 1 fully saturated rings. The number of thioether (sulfide) groups is 1. The lowest BCUT2D eigenvalue weighted by Crippen LogP contribution is -2.08. The quantitative estimate of drug-likeness (QED) is 0.643. The second-order valence-electron chi connectivity index (χ2n) is 5.94. The van der Waals surface area contributed by atoms with E-state index in [1.54, 1.807) is 0 Å². The number of hydrogen-bond donors (Lipinski definition) is 2. The fourth-order valence-electron chi connectivity index (χ4n) is 2.62. The van der Waals surface area contributed by atoms with Crippen molar-refractivity contribution in [2.45, 2.75) is 36.2 Å². The van der Waals surface area contributed by atoms with E-state index in [2.05, 4.69) is 41.8 Å². The maximum Gasteiger partial charge on any atom is 0.225 e. The number of nitrogens with zero attached hydrogens (tertiary/aromatic N) is 6. The molecule has 0 amide bonds. The molecule has 0 unspecified atom stereocenters. The molecule has 128 valence electrons. The minimum absolute atomic E-state index is 0.132. The van der Waals surface area contributed by atoms with Gasteiger partial charge in [-0.25, -0.2) is 0 Å². The van der Waals surface area contributed by atoms with Crippen LogP contribution in [0.4, 0.5) is 11.9 Å². The molecule has 0 radical (unpaired) electrons. The maximum atomic E-state index is 5.63. The van der Waals surface area contributed by atoms with Crippen molar-refractivity contribution in [3.05, 3.63) is 47.5 Å². The van der Waals surface area contributed by atoms with Gasteiger partial charge in [-0.05, 0) is 18.4 Å². The van der Waals surface area contributed by atoms with Crippen LogP contribution in [0.25, 0.3) is 0 Å². The molecule has 9 heteroatoms. The molecule has 2 aromatic heterocycles. The third kappa shape index (κ3) is 3.71. The molecular formula is C16H18N8S. The standard InChI is InChI=1S/C16H18N8S/c17-14-19-12(20-15(18)21-14)9-25-16-23-22-13(11-6-7-11)24(16)8-10-4-2-1-3-5-10/h1-5,11H,6-9H2,(H4,17,18,19,20,21). The lowest BCUT2D eigenvalue weighted by molar-refractivity contribution is 0.667. The summed E-state index contributed by atoms with van der Waals surface area (Å²) in [6, 6.07) is 10.3. The van der Waals surface area contributed by atoms with Crippen LogP contribution >= 0.6 is 11.8 Å². The molecule has 8 nitrogen and oxygen atoms in total. The average molecular weight is 354 g/mol. The van der Waals surface area contributed by atoms with Crippen LogP contribution in [-0.2, 0) is 12.3 Å². The van der Waals surface area contributed by atoms with Crippen LogP contribution in [0.15, 0.2) is 35.5 Å². The van der Waals surface area contributed by atoms with Crippen LogP contribution in [0.2, 0.25) is 0 Å². The zero-order valence-corrected chi connectivity index (χ0v) is 14.4. The number of benzene rings is 1. The first-order chi connectivity index (χ1) is 12.2. The van der Waals surface area contributed by atoms with Crippen molar-refractivity contribution in [2.75, 3.05) is 11.5 Å². The maximum absolute atomic E-state index is 5.63. The van der Waals surface area contributed by atoms with Crippen LogP contribution < -0.4 is 11.5 Å². The van der Waals surface area contributed by atoms with E-state index >= 15 is 0 Å². The summed E-state index contributed by atoms with van der Waals surface area (Å²) in [5.41, 5.74) is 12.5. The Kier molecular flexibility index (Phi) is 4.22. The molecule has 1 aromatic carbocycles. The topological polar surface area (TPSA) is 121 Å². The summed E-state index contributed by atoms with van der Waals surface area (Å²) < 4.78 is 2.19. The van der Waals surface area contributed by atoms with Crippen LogP contribution in [0.3, 0.4) is 0 Å². The second-order valence-corrected chi connectivity index (χ2v) is 6.89. The van der Waals surface area contributed by atoms with Crippen molar-refractivity contribution >= 4 is 23.7 Å². The SMILES string of the molecule is Nc1nc(N)nc(CSc2nnc(C3CC3)n2Cc2ccccc2)n1. The molecule has 0 saturated heterocycles. The van der Waals surface area contributed by atoms with E-state index in [1.165, 1.54) is 30.2 Å². The highest BCUT2D eigenvalue weighted by atomic mass is 32.2. The molecule has 4 rings (SSSR count). The van der Waals surface area contributed by atoms with Gasteiger partial charge in [0.05, 0.1) is 12.3 Å². The van der Waals surface area contributed by atoms with Gasteiger partial charge in [0.1, 0.15) is 11.6 Å². The highest BCUT2D eigenvalue weighted by Gasteiger charge is 2.30. The molecule has 25 heavy (non-hydrogen) atoms. The van der Waals surface area contributed by atoms with Gasteiger partial charge in [-0.3, -0.25) is 0 Å². The molecule has 1 saturated carbocycles. The van der Waals surface area contributed by atoms with Crippen molar-refractivity contribution in [1.82, 2.24) is 29.7 Å². The normalized spacial score (nSPS) is 13.9. The van der Waals surface area contributed by atoms with Gasteiger partial charge in [-0.1, -0.05) is 42.1 Å². The largest absolute Gasteiger partial charge is 0.368 e. The van der Waals surface area contributed by atoms with Crippen LogP contribution in [0, 0.1) is 0 Å². The summed E-state index contributed by atoms with van der Waals surface area (Å²) in [7, 11) is 0. The first-order valence-electron chi connectivity index (χ1n) is 8.05. The van der Waals surface area contributed by atoms with Crippen molar-refractivity contribution in [2.24, 2.45) is 0 Å². The summed E-state index contributed by atoms with van der Waals surface area (Å²) in [4.78, 5) is 12.0. The molecule has 0 spiro atoms. The number of nitrogens with two attached hydrogens (primary N) is 2. The zero-order chi connectivity index (χ0) is 17.2. The van der Waals surface area contributed by atoms with E-state index in [0.717, 1.165) is 17.5 Å². The van der Waals surface area contributed by atoms with Crippen molar-refractivity contribution in [3.8, 4) is 0 Å². The Bertz CT molecular complexity index is 855. The average Bonchev–Trinajstić information content (AvgIpc) is 3.36. The zero-order valence-electron chi connectivity index (χ0n) is 13.5. The number of anilines is 2. The van der Waals surface area contributed by atoms with E-state index in [9.17, 15) is 0 Å². The fourth-order valence-corrected chi connectivity index (χ4v) is 3.42.